The van der Waals surface area contributed by atoms with E-state index in [1.165, 1.54) is 0 Å². The Kier molecular flexibility index (Phi) is 5.02. The van der Waals surface area contributed by atoms with Gasteiger partial charge in [0.15, 0.2) is 17.2 Å². The van der Waals surface area contributed by atoms with Gasteiger partial charge in [0.1, 0.15) is 5.69 Å². The summed E-state index contributed by atoms with van der Waals surface area (Å²) < 4.78 is 7.24. The Balaban J connectivity index is 1.98. The zero-order valence-electron chi connectivity index (χ0n) is 14.7. The second-order valence-corrected chi connectivity index (χ2v) is 5.97. The number of carboxylic acids is 1. The maximum Gasteiger partial charge on any atom is 0.311 e. The van der Waals surface area contributed by atoms with Gasteiger partial charge in [-0.15, -0.1) is 0 Å². The molecule has 3 rings (SSSR count). The molecule has 3 aromatic rings. The summed E-state index contributed by atoms with van der Waals surface area (Å²) >= 11 is 0. The third-order valence-corrected chi connectivity index (χ3v) is 4.24. The Morgan fingerprint density at radius 1 is 1.19 bits per heavy atom. The molecule has 1 N–H and O–H groups in total. The molecule has 0 bridgehead atoms. The van der Waals surface area contributed by atoms with Crippen LogP contribution in [0, 0.1) is 6.92 Å². The Morgan fingerprint density at radius 2 is 1.92 bits per heavy atom. The standard InChI is InChI=1S/C20H20N2O4/c1-3-26-17-10-7-11-22-18(13(2)21-19(17)22)16(23)12-15(20(24)25)14-8-5-4-6-9-14/h4-11,15H,3,12H2,1-2H3,(H,24,25)/t15-/m1/s1. The first-order valence-electron chi connectivity index (χ1n) is 8.44. The zero-order valence-corrected chi connectivity index (χ0v) is 14.7. The van der Waals surface area contributed by atoms with Gasteiger partial charge in [-0.3, -0.25) is 14.0 Å². The molecule has 0 saturated carbocycles. The van der Waals surface area contributed by atoms with E-state index < -0.39 is 11.9 Å². The van der Waals surface area contributed by atoms with Crippen LogP contribution in [0.2, 0.25) is 0 Å². The Labute approximate surface area is 151 Å². The zero-order chi connectivity index (χ0) is 18.7. The number of nitrogens with zero attached hydrogens (tertiary/aromatic N) is 2. The van der Waals surface area contributed by atoms with Gasteiger partial charge < -0.3 is 9.84 Å². The van der Waals surface area contributed by atoms with Crippen LogP contribution in [0.15, 0.2) is 48.7 Å². The van der Waals surface area contributed by atoms with Crippen molar-refractivity contribution in [3.63, 3.8) is 0 Å². The smallest absolute Gasteiger partial charge is 0.311 e. The van der Waals surface area contributed by atoms with Crippen molar-refractivity contribution in [2.45, 2.75) is 26.2 Å². The molecule has 0 amide bonds. The van der Waals surface area contributed by atoms with Crippen molar-refractivity contribution in [3.8, 4) is 5.75 Å². The van der Waals surface area contributed by atoms with Crippen LogP contribution in [-0.2, 0) is 4.79 Å². The van der Waals surface area contributed by atoms with Crippen molar-refractivity contribution >= 4 is 17.4 Å². The number of ether oxygens (including phenoxy) is 1. The molecule has 0 spiro atoms. The summed E-state index contributed by atoms with van der Waals surface area (Å²) in [5, 5.41) is 9.58. The fraction of sp³-hybridized carbons (Fsp3) is 0.250. The van der Waals surface area contributed by atoms with Gasteiger partial charge in [-0.25, -0.2) is 4.98 Å². The number of rotatable bonds is 7. The molecule has 6 heteroatoms. The monoisotopic (exact) mass is 352 g/mol. The van der Waals surface area contributed by atoms with Crippen LogP contribution < -0.4 is 4.74 Å². The third-order valence-electron chi connectivity index (χ3n) is 4.24. The number of carbonyl (C=O) groups is 2. The van der Waals surface area contributed by atoms with E-state index in [2.05, 4.69) is 4.98 Å². The van der Waals surface area contributed by atoms with E-state index in [0.717, 1.165) is 0 Å². The number of carboxylic acid groups (broad SMARTS) is 1. The summed E-state index contributed by atoms with van der Waals surface area (Å²) in [7, 11) is 0. The molecule has 0 radical (unpaired) electrons. The molecule has 1 atom stereocenters. The van der Waals surface area contributed by atoms with E-state index in [0.29, 0.717) is 35.0 Å². The normalized spacial score (nSPS) is 12.1. The molecule has 0 aliphatic rings. The summed E-state index contributed by atoms with van der Waals surface area (Å²) in [6.07, 6.45) is 1.61. The van der Waals surface area contributed by atoms with Gasteiger partial charge in [0.05, 0.1) is 18.2 Å². The van der Waals surface area contributed by atoms with Gasteiger partial charge in [0, 0.05) is 12.6 Å². The highest BCUT2D eigenvalue weighted by Gasteiger charge is 2.27. The highest BCUT2D eigenvalue weighted by Crippen LogP contribution is 2.26. The number of aryl methyl sites for hydroxylation is 1. The average Bonchev–Trinajstić information content (AvgIpc) is 2.97. The largest absolute Gasteiger partial charge is 0.490 e. The maximum absolute atomic E-state index is 12.9. The second kappa shape index (κ2) is 7.39. The Morgan fingerprint density at radius 3 is 2.58 bits per heavy atom. The number of aliphatic carboxylic acids is 1. The summed E-state index contributed by atoms with van der Waals surface area (Å²) in [5.74, 6) is -1.59. The first-order chi connectivity index (χ1) is 12.5. The topological polar surface area (TPSA) is 80.9 Å². The molecular weight excluding hydrogens is 332 g/mol. The molecule has 1 aromatic carbocycles. The van der Waals surface area contributed by atoms with Crippen LogP contribution in [0.5, 0.6) is 5.75 Å². The van der Waals surface area contributed by atoms with Crippen molar-refractivity contribution in [2.24, 2.45) is 0 Å². The predicted molar refractivity (Wildman–Crippen MR) is 96.9 cm³/mol. The van der Waals surface area contributed by atoms with Crippen LogP contribution in [-0.4, -0.2) is 32.9 Å². The number of aromatic nitrogens is 2. The number of fused-ring (bicyclic) bond motifs is 1. The molecule has 2 heterocycles. The van der Waals surface area contributed by atoms with Crippen molar-refractivity contribution in [3.05, 3.63) is 65.6 Å². The third kappa shape index (κ3) is 3.31. The van der Waals surface area contributed by atoms with Gasteiger partial charge >= 0.3 is 5.97 Å². The minimum atomic E-state index is -1.02. The molecule has 0 fully saturated rings. The van der Waals surface area contributed by atoms with Gasteiger partial charge in [0.2, 0.25) is 0 Å². The number of hydrogen-bond donors (Lipinski definition) is 1. The number of ketones is 1. The number of carbonyl (C=O) groups excluding carboxylic acids is 1. The highest BCUT2D eigenvalue weighted by atomic mass is 16.5. The van der Waals surface area contributed by atoms with E-state index in [-0.39, 0.29) is 12.2 Å². The molecule has 6 nitrogen and oxygen atoms in total. The number of imidazole rings is 1. The number of hydrogen-bond acceptors (Lipinski definition) is 4. The van der Waals surface area contributed by atoms with Gasteiger partial charge in [-0.1, -0.05) is 30.3 Å². The quantitative estimate of drug-likeness (QED) is 0.658. The number of Topliss-reactive ketones (excluding diaryl/α,β-unsaturated/α-hetero) is 1. The number of pyridine rings is 1. The van der Waals surface area contributed by atoms with Crippen molar-refractivity contribution < 1.29 is 19.4 Å². The molecule has 0 saturated heterocycles. The average molecular weight is 352 g/mol. The SMILES string of the molecule is CCOc1cccn2c(C(=O)C[C@@H](C(=O)O)c3ccccc3)c(C)nc12. The predicted octanol–water partition coefficient (Wildman–Crippen LogP) is 3.48. The van der Waals surface area contributed by atoms with Crippen molar-refractivity contribution in [2.75, 3.05) is 6.61 Å². The van der Waals surface area contributed by atoms with Crippen LogP contribution in [0.25, 0.3) is 5.65 Å². The summed E-state index contributed by atoms with van der Waals surface area (Å²) in [6, 6.07) is 12.4. The van der Waals surface area contributed by atoms with Gasteiger partial charge in [0.25, 0.3) is 0 Å². The molecule has 134 valence electrons. The van der Waals surface area contributed by atoms with Crippen LogP contribution in [0.3, 0.4) is 0 Å². The lowest BCUT2D eigenvalue weighted by Crippen LogP contribution is -2.17. The van der Waals surface area contributed by atoms with Gasteiger partial charge in [-0.05, 0) is 31.5 Å². The lowest BCUT2D eigenvalue weighted by atomic mass is 9.92. The molecule has 2 aromatic heterocycles. The molecule has 26 heavy (non-hydrogen) atoms. The van der Waals surface area contributed by atoms with Crippen LogP contribution in [0.4, 0.5) is 0 Å². The van der Waals surface area contributed by atoms with Crippen LogP contribution in [0.1, 0.15) is 41.0 Å². The molecule has 0 aliphatic carbocycles. The lowest BCUT2D eigenvalue weighted by molar-refractivity contribution is -0.138. The first kappa shape index (κ1) is 17.7. The maximum atomic E-state index is 12.9. The summed E-state index contributed by atoms with van der Waals surface area (Å²) in [4.78, 5) is 29.1. The lowest BCUT2D eigenvalue weighted by Gasteiger charge is -2.12. The first-order valence-corrected chi connectivity index (χ1v) is 8.44. The summed E-state index contributed by atoms with van der Waals surface area (Å²) in [5.41, 5.74) is 2.11. The Bertz CT molecular complexity index is 947. The van der Waals surface area contributed by atoms with Crippen LogP contribution >= 0.6 is 0 Å². The fourth-order valence-corrected chi connectivity index (χ4v) is 3.08. The van der Waals surface area contributed by atoms with Crippen molar-refractivity contribution in [1.82, 2.24) is 9.38 Å². The molecule has 0 unspecified atom stereocenters. The second-order valence-electron chi connectivity index (χ2n) is 5.97. The van der Waals surface area contributed by atoms with E-state index in [1.807, 2.05) is 13.0 Å². The minimum Gasteiger partial charge on any atom is -0.490 e. The minimum absolute atomic E-state index is 0.132. The number of benzene rings is 1. The fourth-order valence-electron chi connectivity index (χ4n) is 3.08. The molecule has 0 aliphatic heterocycles. The van der Waals surface area contributed by atoms with E-state index in [1.54, 1.807) is 53.9 Å². The summed E-state index contributed by atoms with van der Waals surface area (Å²) in [6.45, 7) is 4.11. The highest BCUT2D eigenvalue weighted by molar-refractivity contribution is 5.99. The van der Waals surface area contributed by atoms with Gasteiger partial charge in [-0.2, -0.15) is 0 Å². The Hall–Kier alpha value is -3.15. The van der Waals surface area contributed by atoms with E-state index in [9.17, 15) is 14.7 Å². The van der Waals surface area contributed by atoms with E-state index >= 15 is 0 Å². The van der Waals surface area contributed by atoms with Crippen molar-refractivity contribution in [1.29, 1.82) is 0 Å². The van der Waals surface area contributed by atoms with E-state index in [4.69, 9.17) is 4.74 Å². The molecular formula is C20H20N2O4.